The first kappa shape index (κ1) is 15.5. The van der Waals surface area contributed by atoms with E-state index in [0.717, 1.165) is 6.92 Å². The van der Waals surface area contributed by atoms with Gasteiger partial charge in [0.05, 0.1) is 16.6 Å². The van der Waals surface area contributed by atoms with Crippen LogP contribution in [0.5, 0.6) is 0 Å². The summed E-state index contributed by atoms with van der Waals surface area (Å²) in [7, 11) is 0. The van der Waals surface area contributed by atoms with Crippen molar-refractivity contribution in [2.75, 3.05) is 0 Å². The van der Waals surface area contributed by atoms with Crippen LogP contribution in [0.1, 0.15) is 28.2 Å². The molecule has 2 aromatic rings. The molecule has 0 saturated heterocycles. The molecular formula is C13H10F6N2. The molecule has 0 atom stereocenters. The van der Waals surface area contributed by atoms with Gasteiger partial charge in [0.25, 0.3) is 0 Å². The summed E-state index contributed by atoms with van der Waals surface area (Å²) in [6.07, 6.45) is -9.81. The monoisotopic (exact) mass is 308 g/mol. The second-order valence-electron chi connectivity index (χ2n) is 4.67. The van der Waals surface area contributed by atoms with Crippen molar-refractivity contribution >= 4 is 10.9 Å². The van der Waals surface area contributed by atoms with E-state index < -0.39 is 34.6 Å². The molecule has 1 heterocycles. The Bertz CT molecular complexity index is 715. The van der Waals surface area contributed by atoms with E-state index in [9.17, 15) is 26.3 Å². The molecule has 0 N–H and O–H groups in total. The summed E-state index contributed by atoms with van der Waals surface area (Å²) < 4.78 is 78.4. The fraction of sp³-hybridized carbons (Fsp3) is 0.385. The Kier molecular flexibility index (Phi) is 3.38. The van der Waals surface area contributed by atoms with Crippen molar-refractivity contribution in [3.05, 3.63) is 34.3 Å². The zero-order valence-electron chi connectivity index (χ0n) is 11.2. The van der Waals surface area contributed by atoms with Crippen molar-refractivity contribution < 1.29 is 26.3 Å². The summed E-state index contributed by atoms with van der Waals surface area (Å²) in [4.78, 5) is 7.52. The number of fused-ring (bicyclic) bond motifs is 1. The molecule has 0 unspecified atom stereocenters. The maximum atomic E-state index is 13.2. The summed E-state index contributed by atoms with van der Waals surface area (Å²) >= 11 is 0. The van der Waals surface area contributed by atoms with Gasteiger partial charge in [0.15, 0.2) is 0 Å². The topological polar surface area (TPSA) is 25.8 Å². The third-order valence-electron chi connectivity index (χ3n) is 3.14. The maximum absolute atomic E-state index is 13.2. The minimum atomic E-state index is -4.93. The van der Waals surface area contributed by atoms with Crippen LogP contribution in [0, 0.1) is 20.8 Å². The van der Waals surface area contributed by atoms with Gasteiger partial charge in [0, 0.05) is 11.1 Å². The predicted molar refractivity (Wildman–Crippen MR) is 63.8 cm³/mol. The highest BCUT2D eigenvalue weighted by molar-refractivity contribution is 5.86. The molecule has 0 aliphatic heterocycles. The molecule has 0 radical (unpaired) electrons. The molecule has 0 saturated carbocycles. The van der Waals surface area contributed by atoms with Crippen molar-refractivity contribution in [2.24, 2.45) is 0 Å². The van der Waals surface area contributed by atoms with Crippen LogP contribution >= 0.6 is 0 Å². The lowest BCUT2D eigenvalue weighted by atomic mass is 9.96. The van der Waals surface area contributed by atoms with Gasteiger partial charge in [0.1, 0.15) is 5.82 Å². The number of aryl methyl sites for hydroxylation is 2. The highest BCUT2D eigenvalue weighted by atomic mass is 19.4. The van der Waals surface area contributed by atoms with Crippen LogP contribution in [0.4, 0.5) is 26.3 Å². The van der Waals surface area contributed by atoms with E-state index in [0.29, 0.717) is 6.07 Å². The van der Waals surface area contributed by atoms with Gasteiger partial charge >= 0.3 is 12.4 Å². The van der Waals surface area contributed by atoms with E-state index in [2.05, 4.69) is 9.97 Å². The molecule has 8 heteroatoms. The molecule has 0 fully saturated rings. The predicted octanol–water partition coefficient (Wildman–Crippen LogP) is 4.59. The van der Waals surface area contributed by atoms with E-state index in [-0.39, 0.29) is 16.9 Å². The summed E-state index contributed by atoms with van der Waals surface area (Å²) in [5.41, 5.74) is -3.98. The van der Waals surface area contributed by atoms with E-state index in [4.69, 9.17) is 0 Å². The van der Waals surface area contributed by atoms with Gasteiger partial charge in [-0.1, -0.05) is 0 Å². The number of rotatable bonds is 0. The molecule has 21 heavy (non-hydrogen) atoms. The third-order valence-corrected chi connectivity index (χ3v) is 3.14. The Morgan fingerprint density at radius 3 is 1.90 bits per heavy atom. The van der Waals surface area contributed by atoms with Gasteiger partial charge in [-0.15, -0.1) is 0 Å². The second-order valence-corrected chi connectivity index (χ2v) is 4.67. The fourth-order valence-electron chi connectivity index (χ4n) is 2.29. The van der Waals surface area contributed by atoms with E-state index >= 15 is 0 Å². The summed E-state index contributed by atoms with van der Waals surface area (Å²) in [5.74, 6) is 0.0738. The number of aromatic nitrogens is 2. The van der Waals surface area contributed by atoms with Gasteiger partial charge in [0.2, 0.25) is 0 Å². The number of halogens is 6. The second kappa shape index (κ2) is 4.57. The largest absolute Gasteiger partial charge is 0.418 e. The maximum Gasteiger partial charge on any atom is 0.418 e. The fourth-order valence-corrected chi connectivity index (χ4v) is 2.29. The average Bonchev–Trinajstić information content (AvgIpc) is 2.23. The molecule has 114 valence electrons. The standard InChI is InChI=1S/C13H10F6N2/c1-5-9(12(14,15)16)4-8-6(2)20-7(3)21-11(8)10(5)13(17,18)19/h4H,1-3H3. The number of hydrogen-bond donors (Lipinski definition) is 0. The average molecular weight is 308 g/mol. The van der Waals surface area contributed by atoms with Crippen LogP contribution in [0.3, 0.4) is 0 Å². The Hall–Kier alpha value is -1.86. The third kappa shape index (κ3) is 2.66. The quantitative estimate of drug-likeness (QED) is 0.665. The normalized spacial score (nSPS) is 13.0. The van der Waals surface area contributed by atoms with E-state index in [1.54, 1.807) is 0 Å². The molecule has 0 aliphatic rings. The molecule has 0 spiro atoms. The highest BCUT2D eigenvalue weighted by Gasteiger charge is 2.41. The summed E-state index contributed by atoms with van der Waals surface area (Å²) in [6.45, 7) is 3.55. The van der Waals surface area contributed by atoms with Gasteiger partial charge in [-0.2, -0.15) is 26.3 Å². The molecular weight excluding hydrogens is 298 g/mol. The Balaban J connectivity index is 3.05. The molecule has 1 aromatic heterocycles. The number of hydrogen-bond acceptors (Lipinski definition) is 2. The van der Waals surface area contributed by atoms with Gasteiger partial charge < -0.3 is 0 Å². The molecule has 0 amide bonds. The van der Waals surface area contributed by atoms with Crippen LogP contribution in [-0.2, 0) is 12.4 Å². The van der Waals surface area contributed by atoms with Gasteiger partial charge in [-0.25, -0.2) is 9.97 Å². The van der Waals surface area contributed by atoms with E-state index in [1.807, 2.05) is 0 Å². The minimum Gasteiger partial charge on any atom is -0.238 e. The lowest BCUT2D eigenvalue weighted by Crippen LogP contribution is -2.16. The van der Waals surface area contributed by atoms with Crippen molar-refractivity contribution in [3.8, 4) is 0 Å². The molecule has 0 bridgehead atoms. The van der Waals surface area contributed by atoms with Crippen LogP contribution in [0.25, 0.3) is 10.9 Å². The van der Waals surface area contributed by atoms with Crippen LogP contribution < -0.4 is 0 Å². The molecule has 0 aliphatic carbocycles. The van der Waals surface area contributed by atoms with Gasteiger partial charge in [-0.05, 0) is 32.4 Å². The Labute approximate surface area is 115 Å². The Morgan fingerprint density at radius 2 is 1.43 bits per heavy atom. The SMILES string of the molecule is Cc1nc(C)c2cc(C(F)(F)F)c(C)c(C(F)(F)F)c2n1. The van der Waals surface area contributed by atoms with Crippen molar-refractivity contribution in [1.29, 1.82) is 0 Å². The first-order valence-corrected chi connectivity index (χ1v) is 5.86. The number of nitrogens with zero attached hydrogens (tertiary/aromatic N) is 2. The van der Waals surface area contributed by atoms with Crippen LogP contribution in [-0.4, -0.2) is 9.97 Å². The molecule has 1 aromatic carbocycles. The van der Waals surface area contributed by atoms with Crippen molar-refractivity contribution in [3.63, 3.8) is 0 Å². The number of alkyl halides is 6. The smallest absolute Gasteiger partial charge is 0.238 e. The lowest BCUT2D eigenvalue weighted by Gasteiger charge is -2.19. The zero-order chi connectivity index (χ0) is 16.2. The first-order chi connectivity index (χ1) is 9.43. The first-order valence-electron chi connectivity index (χ1n) is 5.86. The molecule has 2 nitrogen and oxygen atoms in total. The summed E-state index contributed by atoms with van der Waals surface area (Å²) in [6, 6.07) is 0.675. The minimum absolute atomic E-state index is 0.0738. The van der Waals surface area contributed by atoms with Crippen molar-refractivity contribution in [2.45, 2.75) is 33.1 Å². The number of benzene rings is 1. The van der Waals surface area contributed by atoms with E-state index in [1.165, 1.54) is 13.8 Å². The Morgan fingerprint density at radius 1 is 0.857 bits per heavy atom. The summed E-state index contributed by atoms with van der Waals surface area (Å²) in [5, 5.41) is -0.245. The molecule has 2 rings (SSSR count). The lowest BCUT2D eigenvalue weighted by molar-refractivity contribution is -0.143. The van der Waals surface area contributed by atoms with Crippen LogP contribution in [0.2, 0.25) is 0 Å². The van der Waals surface area contributed by atoms with Gasteiger partial charge in [-0.3, -0.25) is 0 Å². The van der Waals surface area contributed by atoms with Crippen LogP contribution in [0.15, 0.2) is 6.07 Å². The zero-order valence-corrected chi connectivity index (χ0v) is 11.2. The highest BCUT2D eigenvalue weighted by Crippen LogP contribution is 2.43. The van der Waals surface area contributed by atoms with Crippen molar-refractivity contribution in [1.82, 2.24) is 9.97 Å².